The van der Waals surface area contributed by atoms with Gasteiger partial charge in [-0.2, -0.15) is 13.2 Å². The number of rotatable bonds is 9. The molecule has 0 aliphatic heterocycles. The molecule has 0 aliphatic rings. The summed E-state index contributed by atoms with van der Waals surface area (Å²) in [6.07, 6.45) is -0.432. The van der Waals surface area contributed by atoms with E-state index in [1.165, 1.54) is 31.2 Å². The first-order chi connectivity index (χ1) is 17.3. The summed E-state index contributed by atoms with van der Waals surface area (Å²) < 4.78 is 78.8. The number of carbonyl (C=O) groups excluding carboxylic acids is 1. The summed E-state index contributed by atoms with van der Waals surface area (Å²) >= 11 is 0. The van der Waals surface area contributed by atoms with Gasteiger partial charge >= 0.3 is 6.18 Å². The van der Waals surface area contributed by atoms with Crippen LogP contribution in [0.4, 0.5) is 23.2 Å². The number of sulfonamides is 1. The van der Waals surface area contributed by atoms with Crippen LogP contribution in [0.3, 0.4) is 0 Å². The van der Waals surface area contributed by atoms with Gasteiger partial charge in [-0.25, -0.2) is 17.8 Å². The van der Waals surface area contributed by atoms with E-state index in [1.807, 2.05) is 30.3 Å². The van der Waals surface area contributed by atoms with Crippen molar-refractivity contribution in [2.45, 2.75) is 32.5 Å². The largest absolute Gasteiger partial charge is 0.433 e. The lowest BCUT2D eigenvalue weighted by molar-refractivity contribution is -0.141. The maximum Gasteiger partial charge on any atom is 0.433 e. The molecule has 11 heteroatoms. The number of anilines is 1. The van der Waals surface area contributed by atoms with Crippen LogP contribution in [0.25, 0.3) is 6.08 Å². The number of alkyl halides is 3. The normalized spacial score (nSPS) is 12.1. The Morgan fingerprint density at radius 1 is 1.03 bits per heavy atom. The monoisotopic (exact) mass is 535 g/mol. The van der Waals surface area contributed by atoms with Crippen molar-refractivity contribution in [3.63, 3.8) is 0 Å². The molecule has 0 aliphatic carbocycles. The van der Waals surface area contributed by atoms with E-state index in [9.17, 15) is 30.8 Å². The Bertz CT molecular complexity index is 1380. The molecule has 0 saturated heterocycles. The molecule has 0 unspecified atom stereocenters. The fourth-order valence-corrected chi connectivity index (χ4v) is 4.20. The molecule has 0 atom stereocenters. The predicted octanol–water partition coefficient (Wildman–Crippen LogP) is 5.03. The molecule has 0 saturated carbocycles. The first kappa shape index (κ1) is 27.9. The average molecular weight is 536 g/mol. The second-order valence-corrected chi connectivity index (χ2v) is 10.2. The van der Waals surface area contributed by atoms with E-state index in [-0.39, 0.29) is 24.3 Å². The molecule has 2 N–H and O–H groups in total. The molecule has 6 nitrogen and oxygen atoms in total. The Morgan fingerprint density at radius 2 is 1.73 bits per heavy atom. The fourth-order valence-electron chi connectivity index (χ4n) is 3.57. The number of amides is 1. The van der Waals surface area contributed by atoms with Crippen LogP contribution >= 0.6 is 0 Å². The van der Waals surface area contributed by atoms with Crippen LogP contribution in [0.5, 0.6) is 0 Å². The van der Waals surface area contributed by atoms with E-state index >= 15 is 0 Å². The van der Waals surface area contributed by atoms with Crippen LogP contribution in [0.15, 0.2) is 60.7 Å². The minimum Gasteiger partial charge on any atom is -0.348 e. The van der Waals surface area contributed by atoms with E-state index in [1.54, 1.807) is 0 Å². The minimum atomic E-state index is -4.60. The summed E-state index contributed by atoms with van der Waals surface area (Å²) in [4.78, 5) is 16.1. The molecule has 3 rings (SSSR count). The number of aromatic nitrogens is 1. The first-order valence-electron chi connectivity index (χ1n) is 11.2. The van der Waals surface area contributed by atoms with E-state index in [4.69, 9.17) is 0 Å². The van der Waals surface area contributed by atoms with Gasteiger partial charge in [-0.05, 0) is 60.2 Å². The summed E-state index contributed by atoms with van der Waals surface area (Å²) in [7, 11) is -3.67. The topological polar surface area (TPSA) is 88.2 Å². The predicted molar refractivity (Wildman–Crippen MR) is 134 cm³/mol. The van der Waals surface area contributed by atoms with Crippen LogP contribution in [0.2, 0.25) is 0 Å². The summed E-state index contributed by atoms with van der Waals surface area (Å²) in [5.41, 5.74) is 1.07. The maximum absolute atomic E-state index is 14.4. The maximum atomic E-state index is 14.4. The first-order valence-corrected chi connectivity index (χ1v) is 13.0. The summed E-state index contributed by atoms with van der Waals surface area (Å²) in [5.74, 6) is -1.34. The van der Waals surface area contributed by atoms with Gasteiger partial charge in [-0.3, -0.25) is 9.52 Å². The van der Waals surface area contributed by atoms with Crippen molar-refractivity contribution in [1.29, 1.82) is 0 Å². The number of nitrogens with zero attached hydrogens (tertiary/aromatic N) is 1. The van der Waals surface area contributed by atoms with Gasteiger partial charge in [0.2, 0.25) is 15.9 Å². The molecule has 0 radical (unpaired) electrons. The molecule has 0 fully saturated rings. The van der Waals surface area contributed by atoms with Crippen molar-refractivity contribution in [1.82, 2.24) is 10.3 Å². The third-order valence-electron chi connectivity index (χ3n) is 5.31. The smallest absolute Gasteiger partial charge is 0.348 e. The van der Waals surface area contributed by atoms with Gasteiger partial charge in [0.25, 0.3) is 0 Å². The van der Waals surface area contributed by atoms with Gasteiger partial charge in [0, 0.05) is 18.3 Å². The van der Waals surface area contributed by atoms with E-state index in [2.05, 4.69) is 15.0 Å². The van der Waals surface area contributed by atoms with Crippen LogP contribution < -0.4 is 10.0 Å². The van der Waals surface area contributed by atoms with Gasteiger partial charge in [-0.1, -0.05) is 42.5 Å². The number of carbonyl (C=O) groups is 1. The lowest BCUT2D eigenvalue weighted by atomic mass is 10.0. The second kappa shape index (κ2) is 11.5. The summed E-state index contributed by atoms with van der Waals surface area (Å²) in [5, 5.41) is 2.57. The molecule has 37 heavy (non-hydrogen) atoms. The molecule has 3 aromatic rings. The number of nitrogens with one attached hydrogen (secondary N) is 2. The Hall–Kier alpha value is -3.73. The Morgan fingerprint density at radius 3 is 2.35 bits per heavy atom. The van der Waals surface area contributed by atoms with Crippen LogP contribution in [-0.2, 0) is 40.4 Å². The fraction of sp³-hybridized carbons (Fsp3) is 0.231. The van der Waals surface area contributed by atoms with Crippen molar-refractivity contribution < 1.29 is 30.8 Å². The summed E-state index contributed by atoms with van der Waals surface area (Å²) in [6.45, 7) is 1.47. The lowest BCUT2D eigenvalue weighted by Gasteiger charge is -2.12. The van der Waals surface area contributed by atoms with Gasteiger partial charge in [0.05, 0.1) is 11.9 Å². The Kier molecular flexibility index (Phi) is 8.69. The Balaban J connectivity index is 1.72. The van der Waals surface area contributed by atoms with Crippen molar-refractivity contribution in [3.8, 4) is 0 Å². The van der Waals surface area contributed by atoms with Gasteiger partial charge < -0.3 is 5.32 Å². The number of halogens is 4. The highest BCUT2D eigenvalue weighted by Gasteiger charge is 2.32. The van der Waals surface area contributed by atoms with Crippen molar-refractivity contribution in [2.75, 3.05) is 11.0 Å². The molecule has 2 aromatic carbocycles. The zero-order chi connectivity index (χ0) is 27.2. The quantitative estimate of drug-likeness (QED) is 0.297. The number of aryl methyl sites for hydroxylation is 3. The van der Waals surface area contributed by atoms with E-state index < -0.39 is 33.6 Å². The highest BCUT2D eigenvalue weighted by Crippen LogP contribution is 2.29. The Labute approximate surface area is 212 Å². The zero-order valence-electron chi connectivity index (χ0n) is 20.1. The SMILES string of the molecule is Cc1cc(CNC(=O)C=Cc2ccc(C(F)(F)F)nc2CCc2ccccc2)cc(F)c1NS(C)(=O)=O. The molecular formula is C26H25F4N3O3S. The average Bonchev–Trinajstić information content (AvgIpc) is 2.82. The second-order valence-electron chi connectivity index (χ2n) is 8.41. The van der Waals surface area contributed by atoms with E-state index in [0.717, 1.165) is 24.0 Å². The van der Waals surface area contributed by atoms with Crippen molar-refractivity contribution in [3.05, 3.63) is 100 Å². The zero-order valence-corrected chi connectivity index (χ0v) is 20.9. The minimum absolute atomic E-state index is 0.0494. The van der Waals surface area contributed by atoms with Crippen LogP contribution in [0, 0.1) is 12.7 Å². The number of hydrogen-bond donors (Lipinski definition) is 2. The highest BCUT2D eigenvalue weighted by atomic mass is 32.2. The molecule has 196 valence electrons. The van der Waals surface area contributed by atoms with Crippen LogP contribution in [0.1, 0.15) is 33.6 Å². The number of benzene rings is 2. The standard InChI is InChI=1S/C26H25F4N3O3S/c1-17-14-19(15-21(27)25(17)33-37(2,35)36)16-31-24(34)13-10-20-9-12-23(26(28,29)30)32-22(20)11-8-18-6-4-3-5-7-18/h3-7,9-10,12-15,33H,8,11,16H2,1-2H3,(H,31,34). The number of hydrogen-bond acceptors (Lipinski definition) is 4. The van der Waals surface area contributed by atoms with Crippen molar-refractivity contribution >= 4 is 27.7 Å². The molecule has 1 heterocycles. The van der Waals surface area contributed by atoms with Crippen LogP contribution in [-0.4, -0.2) is 25.6 Å². The molecular weight excluding hydrogens is 510 g/mol. The lowest BCUT2D eigenvalue weighted by Crippen LogP contribution is -2.21. The molecule has 0 spiro atoms. The summed E-state index contributed by atoms with van der Waals surface area (Å²) in [6, 6.07) is 14.0. The molecule has 1 aromatic heterocycles. The third kappa shape index (κ3) is 8.42. The van der Waals surface area contributed by atoms with Gasteiger partial charge in [-0.15, -0.1) is 0 Å². The van der Waals surface area contributed by atoms with Crippen molar-refractivity contribution in [2.24, 2.45) is 0 Å². The van der Waals surface area contributed by atoms with Gasteiger partial charge in [0.15, 0.2) is 0 Å². The van der Waals surface area contributed by atoms with E-state index in [0.29, 0.717) is 23.1 Å². The third-order valence-corrected chi connectivity index (χ3v) is 5.88. The number of pyridine rings is 1. The molecule has 1 amide bonds. The van der Waals surface area contributed by atoms with Gasteiger partial charge in [0.1, 0.15) is 11.5 Å². The molecule has 0 bridgehead atoms. The highest BCUT2D eigenvalue weighted by molar-refractivity contribution is 7.92.